The molecule has 1 fully saturated rings. The van der Waals surface area contributed by atoms with E-state index in [0.29, 0.717) is 11.0 Å². The molecule has 37 heavy (non-hydrogen) atoms. The first-order chi connectivity index (χ1) is 17.5. The Kier molecular flexibility index (Phi) is 6.33. The second-order valence-electron chi connectivity index (χ2n) is 8.41. The minimum atomic E-state index is -4.64. The number of hydrogen-bond acceptors (Lipinski definition) is 7. The third-order valence-corrected chi connectivity index (χ3v) is 7.84. The highest BCUT2D eigenvalue weighted by atomic mass is 32.2. The first-order valence-electron chi connectivity index (χ1n) is 11.2. The summed E-state index contributed by atoms with van der Waals surface area (Å²) in [6, 6.07) is 10.5. The molecule has 0 amide bonds. The zero-order valence-electron chi connectivity index (χ0n) is 19.2. The van der Waals surface area contributed by atoms with Crippen LogP contribution in [-0.4, -0.2) is 79.3 Å². The van der Waals surface area contributed by atoms with Crippen LogP contribution in [0.5, 0.6) is 5.75 Å². The summed E-state index contributed by atoms with van der Waals surface area (Å²) < 4.78 is 76.6. The fourth-order valence-electron chi connectivity index (χ4n) is 4.19. The van der Waals surface area contributed by atoms with Crippen LogP contribution in [0.4, 0.5) is 18.9 Å². The van der Waals surface area contributed by atoms with Crippen molar-refractivity contribution in [3.05, 3.63) is 54.0 Å². The van der Waals surface area contributed by atoms with E-state index < -0.39 is 22.8 Å². The van der Waals surface area contributed by atoms with Crippen LogP contribution in [0.2, 0.25) is 0 Å². The van der Waals surface area contributed by atoms with Gasteiger partial charge in [0, 0.05) is 13.1 Å². The van der Waals surface area contributed by atoms with Crippen LogP contribution in [0, 0.1) is 5.41 Å². The summed E-state index contributed by atoms with van der Waals surface area (Å²) in [4.78, 5) is 8.41. The molecule has 2 aliphatic rings. The molecule has 196 valence electrons. The molecule has 14 heteroatoms. The van der Waals surface area contributed by atoms with Gasteiger partial charge in [-0.1, -0.05) is 12.1 Å². The number of aliphatic hydroxyl groups excluding tert-OH is 1. The summed E-state index contributed by atoms with van der Waals surface area (Å²) in [6.45, 7) is -1.23. The highest BCUT2D eigenvalue weighted by Gasteiger charge is 2.36. The Morgan fingerprint density at radius 2 is 1.89 bits per heavy atom. The van der Waals surface area contributed by atoms with Gasteiger partial charge in [0.25, 0.3) is 0 Å². The number of aromatic nitrogens is 2. The molecular weight excluding hydrogens is 515 g/mol. The van der Waals surface area contributed by atoms with Crippen molar-refractivity contribution in [3.8, 4) is 5.75 Å². The maximum atomic E-state index is 13.2. The number of hydrogen-bond donors (Lipinski definition) is 3. The number of aromatic amines is 1. The summed E-state index contributed by atoms with van der Waals surface area (Å²) in [5.74, 6) is -0.635. The maximum Gasteiger partial charge on any atom is 0.422 e. The number of H-pyrrole nitrogens is 1. The van der Waals surface area contributed by atoms with Gasteiger partial charge >= 0.3 is 6.18 Å². The van der Waals surface area contributed by atoms with Crippen molar-refractivity contribution >= 4 is 38.2 Å². The first-order valence-corrected chi connectivity index (χ1v) is 12.6. The average molecular weight is 538 g/mol. The molecule has 0 unspecified atom stereocenters. The molecule has 3 aromatic rings. The number of alkyl halides is 3. The zero-order chi connectivity index (χ0) is 26.4. The number of halogens is 3. The smallest absolute Gasteiger partial charge is 0.422 e. The van der Waals surface area contributed by atoms with Gasteiger partial charge in [-0.2, -0.15) is 17.5 Å². The van der Waals surface area contributed by atoms with E-state index in [1.54, 1.807) is 24.3 Å². The molecule has 2 aromatic carbocycles. The van der Waals surface area contributed by atoms with E-state index in [-0.39, 0.29) is 72.2 Å². The second kappa shape index (κ2) is 9.36. The fraction of sp³-hybridized carbons (Fsp3) is 0.304. The molecule has 2 aliphatic heterocycles. The number of fused-ring (bicyclic) bond motifs is 1. The van der Waals surface area contributed by atoms with Gasteiger partial charge < -0.3 is 24.5 Å². The van der Waals surface area contributed by atoms with E-state index in [1.807, 2.05) is 0 Å². The number of rotatable bonds is 6. The van der Waals surface area contributed by atoms with E-state index in [2.05, 4.69) is 9.97 Å². The number of benzene rings is 2. The van der Waals surface area contributed by atoms with Crippen LogP contribution in [0.15, 0.2) is 53.1 Å². The molecule has 0 spiro atoms. The molecule has 0 atom stereocenters. The summed E-state index contributed by atoms with van der Waals surface area (Å²) in [5.41, 5.74) is 1.19. The lowest BCUT2D eigenvalue weighted by atomic mass is 10.2. The number of aliphatic hydroxyl groups is 1. The number of anilines is 1. The topological polar surface area (TPSA) is 132 Å². The zero-order valence-corrected chi connectivity index (χ0v) is 20.1. The average Bonchev–Trinajstić information content (AvgIpc) is 3.42. The molecule has 1 saturated heterocycles. The predicted molar refractivity (Wildman–Crippen MR) is 128 cm³/mol. The fourth-order valence-corrected chi connectivity index (χ4v) is 5.62. The standard InChI is InChI=1S/C23H22F3N5O5S/c24-23(25,26)13-36-19-6-5-14(37(33,34)30-7-9-35-10-8-30)11-17(19)31-12-18(32)20(21(31)27)22-28-15-3-1-2-4-16(15)29-22/h1-6,11,27,32H,7-10,12-13H2,(H,28,29). The summed E-state index contributed by atoms with van der Waals surface area (Å²) in [6.07, 6.45) is -4.64. The number of morpholine rings is 1. The van der Waals surface area contributed by atoms with Gasteiger partial charge in [-0.25, -0.2) is 13.4 Å². The third-order valence-electron chi connectivity index (χ3n) is 5.95. The Morgan fingerprint density at radius 3 is 2.59 bits per heavy atom. The van der Waals surface area contributed by atoms with Gasteiger partial charge in [-0.15, -0.1) is 0 Å². The van der Waals surface area contributed by atoms with Crippen molar-refractivity contribution < 1.29 is 36.2 Å². The van der Waals surface area contributed by atoms with Gasteiger partial charge in [0.15, 0.2) is 6.61 Å². The molecule has 0 radical (unpaired) electrons. The van der Waals surface area contributed by atoms with E-state index in [1.165, 1.54) is 9.21 Å². The van der Waals surface area contributed by atoms with Crippen molar-refractivity contribution in [1.29, 1.82) is 5.41 Å². The van der Waals surface area contributed by atoms with Crippen LogP contribution in [0.3, 0.4) is 0 Å². The van der Waals surface area contributed by atoms with E-state index >= 15 is 0 Å². The Hall–Kier alpha value is -3.62. The SMILES string of the molecule is N=C1C(c2nc3ccccc3[nH]2)=C(O)CN1c1cc(S(=O)(=O)N2CCOCC2)ccc1OCC(F)(F)F. The summed E-state index contributed by atoms with van der Waals surface area (Å²) in [5, 5.41) is 19.4. The molecule has 3 N–H and O–H groups in total. The molecule has 5 rings (SSSR count). The second-order valence-corrected chi connectivity index (χ2v) is 10.3. The minimum Gasteiger partial charge on any atom is -0.509 e. The van der Waals surface area contributed by atoms with E-state index in [9.17, 15) is 26.7 Å². The van der Waals surface area contributed by atoms with Crippen molar-refractivity contribution in [2.75, 3.05) is 44.4 Å². The quantitative estimate of drug-likeness (QED) is 0.440. The third kappa shape index (κ3) is 4.86. The highest BCUT2D eigenvalue weighted by molar-refractivity contribution is 7.89. The van der Waals surface area contributed by atoms with Crippen LogP contribution in [0.25, 0.3) is 16.6 Å². The molecule has 3 heterocycles. The first kappa shape index (κ1) is 25.0. The molecule has 0 saturated carbocycles. The van der Waals surface area contributed by atoms with Gasteiger partial charge in [0.1, 0.15) is 23.2 Å². The highest BCUT2D eigenvalue weighted by Crippen LogP contribution is 2.38. The number of amidine groups is 1. The van der Waals surface area contributed by atoms with Crippen LogP contribution in [-0.2, 0) is 14.8 Å². The molecule has 0 aliphatic carbocycles. The number of nitrogens with zero attached hydrogens (tertiary/aromatic N) is 3. The Morgan fingerprint density at radius 1 is 1.16 bits per heavy atom. The number of imidazole rings is 1. The maximum absolute atomic E-state index is 13.2. The Balaban J connectivity index is 1.53. The van der Waals surface area contributed by atoms with Crippen molar-refractivity contribution in [1.82, 2.24) is 14.3 Å². The number of nitrogens with one attached hydrogen (secondary N) is 2. The molecule has 1 aromatic heterocycles. The molecule has 0 bridgehead atoms. The van der Waals surface area contributed by atoms with Gasteiger partial charge in [-0.3, -0.25) is 5.41 Å². The van der Waals surface area contributed by atoms with Gasteiger partial charge in [0.2, 0.25) is 10.0 Å². The lowest BCUT2D eigenvalue weighted by Crippen LogP contribution is -2.40. The van der Waals surface area contributed by atoms with Crippen LogP contribution in [0.1, 0.15) is 5.82 Å². The van der Waals surface area contributed by atoms with Crippen molar-refractivity contribution in [3.63, 3.8) is 0 Å². The molecule has 10 nitrogen and oxygen atoms in total. The van der Waals surface area contributed by atoms with E-state index in [0.717, 1.165) is 18.2 Å². The monoisotopic (exact) mass is 537 g/mol. The van der Waals surface area contributed by atoms with Crippen LogP contribution >= 0.6 is 0 Å². The summed E-state index contributed by atoms with van der Waals surface area (Å²) >= 11 is 0. The lowest BCUT2D eigenvalue weighted by Gasteiger charge is -2.27. The summed E-state index contributed by atoms with van der Waals surface area (Å²) in [7, 11) is -4.00. The predicted octanol–water partition coefficient (Wildman–Crippen LogP) is 3.29. The van der Waals surface area contributed by atoms with Crippen LogP contribution < -0.4 is 9.64 Å². The number of ether oxygens (including phenoxy) is 2. The minimum absolute atomic E-state index is 0.0411. The van der Waals surface area contributed by atoms with Crippen molar-refractivity contribution in [2.24, 2.45) is 0 Å². The molecular formula is C23H22F3N5O5S. The normalized spacial score (nSPS) is 17.7. The number of para-hydroxylation sites is 2. The van der Waals surface area contributed by atoms with Gasteiger partial charge in [0.05, 0.1) is 46.9 Å². The lowest BCUT2D eigenvalue weighted by molar-refractivity contribution is -0.153. The number of sulfonamides is 1. The largest absolute Gasteiger partial charge is 0.509 e. The Labute approximate surface area is 209 Å². The van der Waals surface area contributed by atoms with Gasteiger partial charge in [-0.05, 0) is 30.3 Å². The van der Waals surface area contributed by atoms with Crippen molar-refractivity contribution in [2.45, 2.75) is 11.1 Å². The Bertz CT molecular complexity index is 1460. The van der Waals surface area contributed by atoms with E-state index in [4.69, 9.17) is 14.9 Å².